The van der Waals surface area contributed by atoms with Crippen LogP contribution in [0.5, 0.6) is 28.7 Å². The highest BCUT2D eigenvalue weighted by Gasteiger charge is 2.18. The molecule has 138 valence electrons. The van der Waals surface area contributed by atoms with Gasteiger partial charge in [-0.15, -0.1) is 0 Å². The van der Waals surface area contributed by atoms with Gasteiger partial charge in [0.25, 0.3) is 0 Å². The molecule has 7 nitrogen and oxygen atoms in total. The molecule has 0 radical (unpaired) electrons. The number of hydrogen-bond acceptors (Lipinski definition) is 6. The minimum atomic E-state index is -1.14. The zero-order valence-corrected chi connectivity index (χ0v) is 14.9. The molecule has 2 aromatic rings. The van der Waals surface area contributed by atoms with Gasteiger partial charge in [0.1, 0.15) is 0 Å². The second-order valence-electron chi connectivity index (χ2n) is 5.21. The van der Waals surface area contributed by atoms with Crippen molar-refractivity contribution in [2.75, 3.05) is 28.4 Å². The van der Waals surface area contributed by atoms with Gasteiger partial charge in [-0.1, -0.05) is 6.07 Å². The van der Waals surface area contributed by atoms with Crippen LogP contribution in [0.2, 0.25) is 0 Å². The highest BCUT2D eigenvalue weighted by Crippen LogP contribution is 2.40. The number of phenols is 1. The lowest BCUT2D eigenvalue weighted by Crippen LogP contribution is -2.02. The fourth-order valence-electron chi connectivity index (χ4n) is 2.47. The minimum absolute atomic E-state index is 0.00572. The average molecular weight is 360 g/mol. The first kappa shape index (κ1) is 19.0. The molecule has 0 saturated carbocycles. The SMILES string of the molecule is COc1ccc(C=C(C(=O)O)c2cc(OC)c(OC)c(OC)c2)cc1O. The molecule has 0 saturated heterocycles. The molecule has 26 heavy (non-hydrogen) atoms. The molecule has 0 amide bonds. The van der Waals surface area contributed by atoms with Crippen molar-refractivity contribution in [2.24, 2.45) is 0 Å². The van der Waals surface area contributed by atoms with Crippen LogP contribution in [0.1, 0.15) is 11.1 Å². The van der Waals surface area contributed by atoms with E-state index in [2.05, 4.69) is 0 Å². The van der Waals surface area contributed by atoms with Crippen molar-refractivity contribution in [1.29, 1.82) is 0 Å². The smallest absolute Gasteiger partial charge is 0.336 e. The monoisotopic (exact) mass is 360 g/mol. The lowest BCUT2D eigenvalue weighted by atomic mass is 10.0. The molecule has 0 aliphatic heterocycles. The Morgan fingerprint density at radius 2 is 1.46 bits per heavy atom. The van der Waals surface area contributed by atoms with Gasteiger partial charge in [0.15, 0.2) is 23.0 Å². The molecule has 0 unspecified atom stereocenters. The molecular weight excluding hydrogens is 340 g/mol. The third-order valence-corrected chi connectivity index (χ3v) is 3.72. The number of hydrogen-bond donors (Lipinski definition) is 2. The third-order valence-electron chi connectivity index (χ3n) is 3.72. The maximum absolute atomic E-state index is 11.8. The van der Waals surface area contributed by atoms with Crippen LogP contribution in [0.25, 0.3) is 11.6 Å². The Morgan fingerprint density at radius 1 is 0.885 bits per heavy atom. The summed E-state index contributed by atoms with van der Waals surface area (Å²) in [7, 11) is 5.80. The van der Waals surface area contributed by atoms with Crippen LogP contribution in [0, 0.1) is 0 Å². The van der Waals surface area contributed by atoms with Crippen molar-refractivity contribution in [1.82, 2.24) is 0 Å². The van der Waals surface area contributed by atoms with E-state index in [0.717, 1.165) is 0 Å². The van der Waals surface area contributed by atoms with Crippen molar-refractivity contribution < 1.29 is 34.0 Å². The topological polar surface area (TPSA) is 94.5 Å². The van der Waals surface area contributed by atoms with Crippen LogP contribution in [0.4, 0.5) is 0 Å². The summed E-state index contributed by atoms with van der Waals surface area (Å²) in [6.45, 7) is 0. The van der Waals surface area contributed by atoms with Gasteiger partial charge in [0.2, 0.25) is 5.75 Å². The zero-order chi connectivity index (χ0) is 19.3. The molecule has 0 aliphatic carbocycles. The lowest BCUT2D eigenvalue weighted by Gasteiger charge is -2.14. The van der Waals surface area contributed by atoms with Gasteiger partial charge < -0.3 is 29.2 Å². The number of carboxylic acid groups (broad SMARTS) is 1. The molecule has 0 bridgehead atoms. The molecule has 0 aromatic heterocycles. The van der Waals surface area contributed by atoms with Crippen molar-refractivity contribution in [3.8, 4) is 28.7 Å². The number of methoxy groups -OCH3 is 4. The minimum Gasteiger partial charge on any atom is -0.504 e. The molecule has 0 fully saturated rings. The number of phenolic OH excluding ortho intramolecular Hbond substituents is 1. The van der Waals surface area contributed by atoms with Gasteiger partial charge >= 0.3 is 5.97 Å². The first-order chi connectivity index (χ1) is 12.4. The number of carboxylic acids is 1. The fourth-order valence-corrected chi connectivity index (χ4v) is 2.47. The van der Waals surface area contributed by atoms with Crippen LogP contribution in [0.15, 0.2) is 30.3 Å². The van der Waals surface area contributed by atoms with E-state index < -0.39 is 5.97 Å². The largest absolute Gasteiger partial charge is 0.504 e. The maximum Gasteiger partial charge on any atom is 0.336 e. The molecular formula is C19H20O7. The molecule has 2 rings (SSSR count). The standard InChI is InChI=1S/C19H20O7/c1-23-15-6-5-11(8-14(15)20)7-13(19(21)22)12-9-16(24-2)18(26-4)17(10-12)25-3/h5-10,20H,1-4H3,(H,21,22). The summed E-state index contributed by atoms with van der Waals surface area (Å²) in [5, 5.41) is 19.5. The molecule has 0 aliphatic rings. The van der Waals surface area contributed by atoms with E-state index in [1.54, 1.807) is 24.3 Å². The summed E-state index contributed by atoms with van der Waals surface area (Å²) in [6, 6.07) is 7.70. The lowest BCUT2D eigenvalue weighted by molar-refractivity contribution is -0.130. The fraction of sp³-hybridized carbons (Fsp3) is 0.211. The van der Waals surface area contributed by atoms with Crippen LogP contribution in [-0.4, -0.2) is 44.6 Å². The van der Waals surface area contributed by atoms with Crippen LogP contribution < -0.4 is 18.9 Å². The Kier molecular flexibility index (Phi) is 5.95. The van der Waals surface area contributed by atoms with Gasteiger partial charge in [0, 0.05) is 0 Å². The molecule has 0 heterocycles. The number of aromatic hydroxyl groups is 1. The van der Waals surface area contributed by atoms with Crippen molar-refractivity contribution in [3.63, 3.8) is 0 Å². The summed E-state index contributed by atoms with van der Waals surface area (Å²) in [5.41, 5.74) is 0.852. The van der Waals surface area contributed by atoms with E-state index >= 15 is 0 Å². The second-order valence-corrected chi connectivity index (χ2v) is 5.21. The quantitative estimate of drug-likeness (QED) is 0.579. The highest BCUT2D eigenvalue weighted by molar-refractivity contribution is 6.20. The van der Waals surface area contributed by atoms with E-state index in [1.807, 2.05) is 0 Å². The van der Waals surface area contributed by atoms with Gasteiger partial charge in [-0.3, -0.25) is 0 Å². The van der Waals surface area contributed by atoms with Gasteiger partial charge in [0.05, 0.1) is 34.0 Å². The third kappa shape index (κ3) is 3.83. The molecule has 2 N–H and O–H groups in total. The van der Waals surface area contributed by atoms with E-state index in [-0.39, 0.29) is 11.3 Å². The number of ether oxygens (including phenoxy) is 4. The maximum atomic E-state index is 11.8. The zero-order valence-electron chi connectivity index (χ0n) is 14.9. The summed E-state index contributed by atoms with van der Waals surface area (Å²) >= 11 is 0. The second kappa shape index (κ2) is 8.15. The van der Waals surface area contributed by atoms with Crippen LogP contribution >= 0.6 is 0 Å². The van der Waals surface area contributed by atoms with Crippen molar-refractivity contribution in [2.45, 2.75) is 0 Å². The number of rotatable bonds is 7. The van der Waals surface area contributed by atoms with Gasteiger partial charge in [-0.05, 0) is 41.5 Å². The number of benzene rings is 2. The Bertz CT molecular complexity index is 815. The van der Waals surface area contributed by atoms with Crippen LogP contribution in [-0.2, 0) is 4.79 Å². The highest BCUT2D eigenvalue weighted by atomic mass is 16.5. The van der Waals surface area contributed by atoms with E-state index in [0.29, 0.717) is 34.1 Å². The normalized spacial score (nSPS) is 11.0. The predicted octanol–water partition coefficient (Wildman–Crippen LogP) is 3.05. The summed E-state index contributed by atoms with van der Waals surface area (Å²) in [4.78, 5) is 11.8. The molecule has 7 heteroatoms. The first-order valence-electron chi connectivity index (χ1n) is 7.57. The van der Waals surface area contributed by atoms with Crippen LogP contribution in [0.3, 0.4) is 0 Å². The van der Waals surface area contributed by atoms with E-state index in [9.17, 15) is 15.0 Å². The summed E-state index contributed by atoms with van der Waals surface area (Å²) in [5.74, 6) is 0.112. The van der Waals surface area contributed by atoms with E-state index in [1.165, 1.54) is 40.6 Å². The molecule has 0 atom stereocenters. The Labute approximate surface area is 151 Å². The summed E-state index contributed by atoms with van der Waals surface area (Å²) < 4.78 is 20.8. The van der Waals surface area contributed by atoms with Crippen molar-refractivity contribution in [3.05, 3.63) is 41.5 Å². The van der Waals surface area contributed by atoms with Gasteiger partial charge in [-0.25, -0.2) is 4.79 Å². The van der Waals surface area contributed by atoms with Crippen molar-refractivity contribution >= 4 is 17.6 Å². The average Bonchev–Trinajstić information content (AvgIpc) is 2.64. The Hall–Kier alpha value is -3.35. The molecule has 2 aromatic carbocycles. The van der Waals surface area contributed by atoms with Gasteiger partial charge in [-0.2, -0.15) is 0 Å². The Morgan fingerprint density at radius 3 is 1.88 bits per heavy atom. The number of carbonyl (C=O) groups is 1. The number of aliphatic carboxylic acids is 1. The Balaban J connectivity index is 2.60. The predicted molar refractivity (Wildman–Crippen MR) is 96.3 cm³/mol. The first-order valence-corrected chi connectivity index (χ1v) is 7.57. The van der Waals surface area contributed by atoms with E-state index in [4.69, 9.17) is 18.9 Å². The summed E-state index contributed by atoms with van der Waals surface area (Å²) in [6.07, 6.45) is 1.43. The molecule has 0 spiro atoms.